The highest BCUT2D eigenvalue weighted by Crippen LogP contribution is 2.48. The van der Waals surface area contributed by atoms with Crippen LogP contribution in [0.4, 0.5) is 5.82 Å². The van der Waals surface area contributed by atoms with E-state index in [-0.39, 0.29) is 12.5 Å². The number of amides is 1. The molecule has 0 saturated carbocycles. The molecule has 0 bridgehead atoms. The number of hydrogen-bond donors (Lipinski definition) is 1. The normalized spacial score (nSPS) is 14.7. The zero-order valence-electron chi connectivity index (χ0n) is 12.8. The summed E-state index contributed by atoms with van der Waals surface area (Å²) in [4.78, 5) is 16.2. The van der Waals surface area contributed by atoms with Crippen LogP contribution in [0.3, 0.4) is 0 Å². The van der Waals surface area contributed by atoms with E-state index in [4.69, 9.17) is 4.74 Å². The zero-order chi connectivity index (χ0) is 16.1. The summed E-state index contributed by atoms with van der Waals surface area (Å²) in [6.07, 6.45) is 1.66. The van der Waals surface area contributed by atoms with Crippen molar-refractivity contribution in [3.05, 3.63) is 53.7 Å². The first-order valence-corrected chi connectivity index (χ1v) is 9.50. The van der Waals surface area contributed by atoms with E-state index in [2.05, 4.69) is 16.4 Å². The second-order valence-electron chi connectivity index (χ2n) is 5.12. The number of thioether (sulfide) groups is 2. The van der Waals surface area contributed by atoms with Gasteiger partial charge >= 0.3 is 0 Å². The molecule has 1 saturated heterocycles. The minimum atomic E-state index is -0.201. The Balaban J connectivity index is 1.62. The highest BCUT2D eigenvalue weighted by molar-refractivity contribution is 8.19. The Hall–Kier alpha value is -1.66. The Morgan fingerprint density at radius 2 is 2.04 bits per heavy atom. The summed E-state index contributed by atoms with van der Waals surface area (Å²) in [6.45, 7) is 1.89. The summed E-state index contributed by atoms with van der Waals surface area (Å²) in [5.41, 5.74) is 2.09. The predicted octanol–water partition coefficient (Wildman–Crippen LogP) is 3.89. The van der Waals surface area contributed by atoms with Crippen molar-refractivity contribution in [2.45, 2.75) is 11.5 Å². The maximum atomic E-state index is 12.1. The zero-order valence-corrected chi connectivity index (χ0v) is 14.5. The molecule has 2 aromatic rings. The first-order valence-electron chi connectivity index (χ1n) is 7.40. The maximum absolute atomic E-state index is 12.1. The van der Waals surface area contributed by atoms with Gasteiger partial charge in [0, 0.05) is 23.3 Å². The Kier molecular flexibility index (Phi) is 5.46. The summed E-state index contributed by atoms with van der Waals surface area (Å²) in [5.74, 6) is 3.48. The average molecular weight is 346 g/mol. The molecule has 1 amide bonds. The number of hydrogen-bond acceptors (Lipinski definition) is 5. The van der Waals surface area contributed by atoms with Crippen LogP contribution in [0.25, 0.3) is 0 Å². The number of anilines is 1. The number of para-hydroxylation sites is 1. The minimum absolute atomic E-state index is 0.0188. The Bertz CT molecular complexity index is 688. The Labute approximate surface area is 144 Å². The lowest BCUT2D eigenvalue weighted by molar-refractivity contribution is -0.118. The average Bonchev–Trinajstić information content (AvgIpc) is 3.10. The summed E-state index contributed by atoms with van der Waals surface area (Å²) < 4.78 is 6.15. The number of aromatic nitrogens is 1. The third kappa shape index (κ3) is 4.20. The smallest absolute Gasteiger partial charge is 0.263 e. The minimum Gasteiger partial charge on any atom is -0.483 e. The number of ether oxygens (including phenoxy) is 1. The fourth-order valence-corrected chi connectivity index (χ4v) is 5.18. The first-order chi connectivity index (χ1) is 11.2. The van der Waals surface area contributed by atoms with Gasteiger partial charge in [0.05, 0.1) is 4.58 Å². The third-order valence-electron chi connectivity index (χ3n) is 3.42. The molecule has 0 aliphatic carbocycles. The third-order valence-corrected chi connectivity index (χ3v) is 6.49. The van der Waals surface area contributed by atoms with Crippen molar-refractivity contribution in [3.8, 4) is 5.75 Å². The molecule has 23 heavy (non-hydrogen) atoms. The second kappa shape index (κ2) is 7.75. The van der Waals surface area contributed by atoms with Crippen LogP contribution in [-0.2, 0) is 4.79 Å². The van der Waals surface area contributed by atoms with Gasteiger partial charge in [0.2, 0.25) is 0 Å². The van der Waals surface area contributed by atoms with Gasteiger partial charge in [-0.1, -0.05) is 24.3 Å². The van der Waals surface area contributed by atoms with Crippen molar-refractivity contribution < 1.29 is 9.53 Å². The predicted molar refractivity (Wildman–Crippen MR) is 97.2 cm³/mol. The quantitative estimate of drug-likeness (QED) is 0.890. The number of carbonyl (C=O) groups is 1. The molecule has 0 spiro atoms. The maximum Gasteiger partial charge on any atom is 0.263 e. The van der Waals surface area contributed by atoms with Crippen LogP contribution in [0.1, 0.15) is 15.7 Å². The molecule has 120 valence electrons. The van der Waals surface area contributed by atoms with Gasteiger partial charge in [-0.2, -0.15) is 0 Å². The molecule has 6 heteroatoms. The Morgan fingerprint density at radius 3 is 2.83 bits per heavy atom. The number of carbonyl (C=O) groups excluding carboxylic acids is 1. The van der Waals surface area contributed by atoms with Crippen molar-refractivity contribution >= 4 is 35.2 Å². The number of nitrogens with one attached hydrogen (secondary N) is 1. The van der Waals surface area contributed by atoms with Gasteiger partial charge in [0.15, 0.2) is 6.61 Å². The van der Waals surface area contributed by atoms with Crippen molar-refractivity contribution in [3.63, 3.8) is 0 Å². The standard InChI is InChI=1S/C17H18N2O2S2/c1-12-5-4-8-18-16(12)19-15(20)11-21-14-7-3-2-6-13(14)17-22-9-10-23-17/h2-8,17H,9-11H2,1H3,(H,18,19,20). The van der Waals surface area contributed by atoms with Gasteiger partial charge < -0.3 is 10.1 Å². The highest BCUT2D eigenvalue weighted by Gasteiger charge is 2.21. The van der Waals surface area contributed by atoms with Crippen LogP contribution < -0.4 is 10.1 Å². The van der Waals surface area contributed by atoms with E-state index < -0.39 is 0 Å². The molecule has 1 aromatic heterocycles. The van der Waals surface area contributed by atoms with E-state index in [1.165, 1.54) is 0 Å². The number of nitrogens with zero attached hydrogens (tertiary/aromatic N) is 1. The summed E-state index contributed by atoms with van der Waals surface area (Å²) >= 11 is 3.84. The van der Waals surface area contributed by atoms with Crippen LogP contribution >= 0.6 is 23.5 Å². The lowest BCUT2D eigenvalue weighted by Gasteiger charge is -2.15. The SMILES string of the molecule is Cc1cccnc1NC(=O)COc1ccccc1C1SCCS1. The van der Waals surface area contributed by atoms with Gasteiger partial charge in [-0.15, -0.1) is 23.5 Å². The summed E-state index contributed by atoms with van der Waals surface area (Å²) in [5, 5.41) is 2.78. The molecule has 4 nitrogen and oxygen atoms in total. The number of benzene rings is 1. The van der Waals surface area contributed by atoms with Crippen LogP contribution in [0.15, 0.2) is 42.6 Å². The van der Waals surface area contributed by atoms with Gasteiger partial charge in [-0.3, -0.25) is 4.79 Å². The van der Waals surface area contributed by atoms with E-state index in [1.807, 2.05) is 60.8 Å². The van der Waals surface area contributed by atoms with Crippen LogP contribution in [0, 0.1) is 6.92 Å². The van der Waals surface area contributed by atoms with E-state index in [0.717, 1.165) is 28.4 Å². The molecule has 0 radical (unpaired) electrons. The summed E-state index contributed by atoms with van der Waals surface area (Å²) in [6, 6.07) is 11.7. The monoisotopic (exact) mass is 346 g/mol. The van der Waals surface area contributed by atoms with Gasteiger partial charge in [-0.25, -0.2) is 4.98 Å². The first kappa shape index (κ1) is 16.2. The molecule has 1 N–H and O–H groups in total. The molecule has 3 rings (SSSR count). The number of rotatable bonds is 5. The van der Waals surface area contributed by atoms with Crippen molar-refractivity contribution in [2.75, 3.05) is 23.4 Å². The number of pyridine rings is 1. The fraction of sp³-hybridized carbons (Fsp3) is 0.294. The molecular weight excluding hydrogens is 328 g/mol. The highest BCUT2D eigenvalue weighted by atomic mass is 32.2. The van der Waals surface area contributed by atoms with Gasteiger partial charge in [-0.05, 0) is 24.6 Å². The van der Waals surface area contributed by atoms with E-state index in [0.29, 0.717) is 10.4 Å². The van der Waals surface area contributed by atoms with Gasteiger partial charge in [0.25, 0.3) is 5.91 Å². The molecule has 1 fully saturated rings. The molecular formula is C17H18N2O2S2. The lowest BCUT2D eigenvalue weighted by atomic mass is 10.2. The second-order valence-corrected chi connectivity index (χ2v) is 7.84. The Morgan fingerprint density at radius 1 is 1.26 bits per heavy atom. The van der Waals surface area contributed by atoms with E-state index in [1.54, 1.807) is 6.20 Å². The van der Waals surface area contributed by atoms with E-state index in [9.17, 15) is 4.79 Å². The topological polar surface area (TPSA) is 51.2 Å². The fourth-order valence-electron chi connectivity index (χ4n) is 2.27. The molecule has 1 aliphatic heterocycles. The van der Waals surface area contributed by atoms with Crippen LogP contribution in [-0.4, -0.2) is 29.0 Å². The summed E-state index contributed by atoms with van der Waals surface area (Å²) in [7, 11) is 0. The van der Waals surface area contributed by atoms with Gasteiger partial charge in [0.1, 0.15) is 11.6 Å². The molecule has 1 aromatic carbocycles. The molecule has 0 unspecified atom stereocenters. The largest absolute Gasteiger partial charge is 0.483 e. The molecule has 1 aliphatic rings. The van der Waals surface area contributed by atoms with Crippen molar-refractivity contribution in [2.24, 2.45) is 0 Å². The number of aryl methyl sites for hydroxylation is 1. The van der Waals surface area contributed by atoms with Crippen LogP contribution in [0.2, 0.25) is 0 Å². The van der Waals surface area contributed by atoms with E-state index >= 15 is 0 Å². The lowest BCUT2D eigenvalue weighted by Crippen LogP contribution is -2.21. The van der Waals surface area contributed by atoms with Crippen molar-refractivity contribution in [1.82, 2.24) is 4.98 Å². The van der Waals surface area contributed by atoms with Crippen molar-refractivity contribution in [1.29, 1.82) is 0 Å². The molecule has 2 heterocycles. The van der Waals surface area contributed by atoms with Crippen LogP contribution in [0.5, 0.6) is 5.75 Å². The molecule has 0 atom stereocenters.